The van der Waals surface area contributed by atoms with Crippen molar-refractivity contribution < 1.29 is 9.59 Å². The van der Waals surface area contributed by atoms with Gasteiger partial charge in [0.05, 0.1) is 11.4 Å². The topological polar surface area (TPSA) is 82.5 Å². The van der Waals surface area contributed by atoms with Gasteiger partial charge < -0.3 is 14.7 Å². The van der Waals surface area contributed by atoms with E-state index in [0.717, 1.165) is 69.1 Å². The monoisotopic (exact) mass is 478 g/mol. The fourth-order valence-corrected chi connectivity index (χ4v) is 5.25. The van der Waals surface area contributed by atoms with Crippen LogP contribution >= 0.6 is 0 Å². The van der Waals surface area contributed by atoms with Gasteiger partial charge in [-0.05, 0) is 43.2 Å². The lowest BCUT2D eigenvalue weighted by Crippen LogP contribution is -2.47. The number of carbonyl (C=O) groups is 2. The lowest BCUT2D eigenvalue weighted by atomic mass is 9.93. The molecule has 8 heteroatoms. The van der Waals surface area contributed by atoms with Gasteiger partial charge >= 0.3 is 0 Å². The Hall–Kier alpha value is -3.03. The van der Waals surface area contributed by atoms with Crippen molar-refractivity contribution in [1.82, 2.24) is 19.9 Å². The molecule has 2 aliphatic heterocycles. The van der Waals surface area contributed by atoms with Gasteiger partial charge in [-0.1, -0.05) is 27.7 Å². The van der Waals surface area contributed by atoms with Crippen molar-refractivity contribution in [2.24, 2.45) is 5.41 Å². The lowest BCUT2D eigenvalue weighted by Gasteiger charge is -2.39. The van der Waals surface area contributed by atoms with Crippen molar-refractivity contribution in [3.8, 4) is 0 Å². The molecule has 1 atom stereocenters. The van der Waals surface area contributed by atoms with Crippen LogP contribution in [0.1, 0.15) is 82.4 Å². The van der Waals surface area contributed by atoms with E-state index in [4.69, 9.17) is 0 Å². The Bertz CT molecular complexity index is 1060. The van der Waals surface area contributed by atoms with Crippen LogP contribution in [0, 0.1) is 5.41 Å². The van der Waals surface area contributed by atoms with Crippen molar-refractivity contribution in [3.63, 3.8) is 0 Å². The highest BCUT2D eigenvalue weighted by Crippen LogP contribution is 2.33. The first-order chi connectivity index (χ1) is 16.7. The summed E-state index contributed by atoms with van der Waals surface area (Å²) in [6, 6.07) is 5.85. The third-order valence-corrected chi connectivity index (χ3v) is 7.48. The average Bonchev–Trinajstić information content (AvgIpc) is 3.23. The summed E-state index contributed by atoms with van der Waals surface area (Å²) in [5, 5.41) is 0. The first-order valence-electron chi connectivity index (χ1n) is 12.8. The number of hydrogen-bond donors (Lipinski definition) is 0. The maximum atomic E-state index is 13.0. The predicted octanol–water partition coefficient (Wildman–Crippen LogP) is 4.28. The summed E-state index contributed by atoms with van der Waals surface area (Å²) < 4.78 is 0. The Balaban J connectivity index is 1.46. The van der Waals surface area contributed by atoms with Crippen LogP contribution in [-0.4, -0.2) is 63.9 Å². The first kappa shape index (κ1) is 25.1. The molecule has 0 N–H and O–H groups in total. The quantitative estimate of drug-likeness (QED) is 0.616. The molecular formula is C27H38N6O2. The van der Waals surface area contributed by atoms with Crippen molar-refractivity contribution in [2.75, 3.05) is 36.0 Å². The minimum absolute atomic E-state index is 0.0222. The lowest BCUT2D eigenvalue weighted by molar-refractivity contribution is -0.117. The first-order valence-corrected chi connectivity index (χ1v) is 12.8. The highest BCUT2D eigenvalue weighted by atomic mass is 16.2. The van der Waals surface area contributed by atoms with E-state index in [0.29, 0.717) is 5.69 Å². The van der Waals surface area contributed by atoms with Gasteiger partial charge in [0.2, 0.25) is 5.91 Å². The highest BCUT2D eigenvalue weighted by Gasteiger charge is 2.34. The average molecular weight is 479 g/mol. The van der Waals surface area contributed by atoms with Crippen LogP contribution in [0.4, 0.5) is 11.5 Å². The largest absolute Gasteiger partial charge is 0.356 e. The zero-order chi connectivity index (χ0) is 25.2. The van der Waals surface area contributed by atoms with Crippen LogP contribution in [0.5, 0.6) is 0 Å². The van der Waals surface area contributed by atoms with Crippen LogP contribution in [0.15, 0.2) is 30.7 Å². The summed E-state index contributed by atoms with van der Waals surface area (Å²) in [6.07, 6.45) is 6.92. The predicted molar refractivity (Wildman–Crippen MR) is 138 cm³/mol. The van der Waals surface area contributed by atoms with Crippen LogP contribution < -0.4 is 9.80 Å². The van der Waals surface area contributed by atoms with Gasteiger partial charge in [0.1, 0.15) is 17.8 Å². The van der Waals surface area contributed by atoms with E-state index in [2.05, 4.69) is 47.5 Å². The van der Waals surface area contributed by atoms with E-state index in [1.165, 1.54) is 6.33 Å². The Kier molecular flexibility index (Phi) is 7.38. The molecular weight excluding hydrogens is 440 g/mol. The minimum Gasteiger partial charge on any atom is -0.356 e. The molecule has 4 rings (SSSR count). The van der Waals surface area contributed by atoms with E-state index in [1.807, 2.05) is 34.2 Å². The molecule has 0 aromatic carbocycles. The fraction of sp³-hybridized carbons (Fsp3) is 0.593. The summed E-state index contributed by atoms with van der Waals surface area (Å²) in [5.41, 5.74) is 2.51. The Morgan fingerprint density at radius 2 is 1.91 bits per heavy atom. The number of rotatable bonds is 6. The zero-order valence-corrected chi connectivity index (χ0v) is 21.7. The third-order valence-electron chi connectivity index (χ3n) is 7.48. The minimum atomic E-state index is -0.0222. The molecule has 0 radical (unpaired) electrons. The number of likely N-dealkylation sites (tertiary alicyclic amines) is 1. The second-order valence-electron chi connectivity index (χ2n) is 10.7. The second-order valence-corrected chi connectivity index (χ2v) is 10.7. The van der Waals surface area contributed by atoms with Gasteiger partial charge in [0.15, 0.2) is 0 Å². The Morgan fingerprint density at radius 1 is 1.17 bits per heavy atom. The van der Waals surface area contributed by atoms with E-state index in [-0.39, 0.29) is 29.2 Å². The molecule has 0 saturated carbocycles. The normalized spacial score (nSPS) is 19.0. The van der Waals surface area contributed by atoms with Gasteiger partial charge in [0.25, 0.3) is 5.91 Å². The van der Waals surface area contributed by atoms with Crippen LogP contribution in [0.3, 0.4) is 0 Å². The van der Waals surface area contributed by atoms with Crippen molar-refractivity contribution in [2.45, 2.75) is 72.3 Å². The maximum Gasteiger partial charge on any atom is 0.272 e. The number of hydrogen-bond acceptors (Lipinski definition) is 6. The van der Waals surface area contributed by atoms with Gasteiger partial charge in [-0.25, -0.2) is 9.97 Å². The smallest absolute Gasteiger partial charge is 0.272 e. The van der Waals surface area contributed by atoms with Crippen LogP contribution in [0.25, 0.3) is 0 Å². The van der Waals surface area contributed by atoms with Gasteiger partial charge in [-0.15, -0.1) is 0 Å². The fourth-order valence-electron chi connectivity index (χ4n) is 5.25. The molecule has 2 aromatic rings. The Labute approximate surface area is 208 Å². The van der Waals surface area contributed by atoms with E-state index >= 15 is 0 Å². The molecule has 2 saturated heterocycles. The van der Waals surface area contributed by atoms with E-state index in [9.17, 15) is 9.59 Å². The van der Waals surface area contributed by atoms with Gasteiger partial charge in [-0.2, -0.15) is 0 Å². The molecule has 2 fully saturated rings. The van der Waals surface area contributed by atoms with Crippen molar-refractivity contribution in [3.05, 3.63) is 42.1 Å². The van der Waals surface area contributed by atoms with Crippen LogP contribution in [-0.2, 0) is 4.79 Å². The molecule has 0 spiro atoms. The summed E-state index contributed by atoms with van der Waals surface area (Å²) >= 11 is 0. The molecule has 2 aliphatic rings. The number of anilines is 2. The van der Waals surface area contributed by atoms with Gasteiger partial charge in [-0.3, -0.25) is 14.6 Å². The van der Waals surface area contributed by atoms with Crippen molar-refractivity contribution in [1.29, 1.82) is 0 Å². The van der Waals surface area contributed by atoms with E-state index in [1.54, 1.807) is 6.92 Å². The molecule has 4 heterocycles. The summed E-state index contributed by atoms with van der Waals surface area (Å²) in [4.78, 5) is 45.2. The molecule has 0 bridgehead atoms. The number of pyridine rings is 1. The van der Waals surface area contributed by atoms with E-state index < -0.39 is 0 Å². The molecule has 35 heavy (non-hydrogen) atoms. The summed E-state index contributed by atoms with van der Waals surface area (Å²) in [5.74, 6) is 1.08. The number of aromatic nitrogens is 3. The SMILES string of the molecule is CCC(C)c1ncccc1N(C(C)=O)C1CCN(c2cc(C(=O)N3CCC(C)(C)C3)ncn2)CC1. The van der Waals surface area contributed by atoms with Crippen molar-refractivity contribution >= 4 is 23.3 Å². The molecule has 2 amide bonds. The van der Waals surface area contributed by atoms with Gasteiger partial charge in [0, 0.05) is 57.3 Å². The maximum absolute atomic E-state index is 13.0. The second kappa shape index (κ2) is 10.3. The number of piperidine rings is 1. The molecule has 1 unspecified atom stereocenters. The summed E-state index contributed by atoms with van der Waals surface area (Å²) in [7, 11) is 0. The number of amides is 2. The zero-order valence-electron chi connectivity index (χ0n) is 21.7. The number of carbonyl (C=O) groups excluding carboxylic acids is 2. The standard InChI is InChI=1S/C27H38N6O2/c1-6-19(2)25-23(8-7-12-28-25)33(20(3)34)21-9-13-31(14-10-21)24-16-22(29-18-30-24)26(35)32-15-11-27(4,5)17-32/h7-8,12,16,18-19,21H,6,9-11,13-15,17H2,1-5H3. The Morgan fingerprint density at radius 3 is 2.54 bits per heavy atom. The highest BCUT2D eigenvalue weighted by molar-refractivity contribution is 5.93. The molecule has 188 valence electrons. The molecule has 2 aromatic heterocycles. The number of nitrogens with zero attached hydrogens (tertiary/aromatic N) is 6. The summed E-state index contributed by atoms with van der Waals surface area (Å²) in [6.45, 7) is 13.4. The molecule has 0 aliphatic carbocycles. The molecule has 8 nitrogen and oxygen atoms in total. The van der Waals surface area contributed by atoms with Crippen LogP contribution in [0.2, 0.25) is 0 Å². The third kappa shape index (κ3) is 5.46.